The van der Waals surface area contributed by atoms with Crippen LogP contribution in [0.3, 0.4) is 0 Å². The minimum absolute atomic E-state index is 0. The Morgan fingerprint density at radius 2 is 1.87 bits per heavy atom. The number of phenolic OH excluding ortho intramolecular Hbond substituents is 1. The van der Waals surface area contributed by atoms with Gasteiger partial charge in [0, 0.05) is 5.39 Å². The molecule has 78 valence electrons. The normalized spacial score (nSPS) is 9.60. The maximum atomic E-state index is 10.7. The third-order valence-electron chi connectivity index (χ3n) is 2.10. The highest BCUT2D eigenvalue weighted by atomic mass is 35.5. The lowest BCUT2D eigenvalue weighted by Gasteiger charge is -2.01. The Hall–Kier alpha value is -1.74. The number of aromatic hydroxyl groups is 1. The van der Waals surface area contributed by atoms with Gasteiger partial charge in [0.1, 0.15) is 5.75 Å². The quantitative estimate of drug-likeness (QED) is 0.783. The molecule has 0 radical (unpaired) electrons. The monoisotopic (exact) mass is 224 g/mol. The fourth-order valence-corrected chi connectivity index (χ4v) is 1.40. The van der Waals surface area contributed by atoms with E-state index in [1.807, 2.05) is 0 Å². The molecule has 2 aromatic carbocycles. The second kappa shape index (κ2) is 4.19. The summed E-state index contributed by atoms with van der Waals surface area (Å²) in [4.78, 5) is 10.7. The number of carboxylic acid groups (broad SMARTS) is 1. The highest BCUT2D eigenvalue weighted by Gasteiger charge is 2.04. The molecule has 2 N–H and O–H groups in total. The highest BCUT2D eigenvalue weighted by Crippen LogP contribution is 2.24. The van der Waals surface area contributed by atoms with Crippen molar-refractivity contribution in [2.75, 3.05) is 0 Å². The van der Waals surface area contributed by atoms with E-state index in [4.69, 9.17) is 5.11 Å². The van der Waals surface area contributed by atoms with Crippen LogP contribution >= 0.6 is 12.4 Å². The third-order valence-corrected chi connectivity index (χ3v) is 2.10. The van der Waals surface area contributed by atoms with Gasteiger partial charge >= 0.3 is 5.97 Å². The van der Waals surface area contributed by atoms with E-state index in [-0.39, 0.29) is 23.7 Å². The Labute approximate surface area is 92.4 Å². The van der Waals surface area contributed by atoms with Crippen molar-refractivity contribution in [3.63, 3.8) is 0 Å². The molecular formula is C11H9ClO3. The Morgan fingerprint density at radius 1 is 1.13 bits per heavy atom. The topological polar surface area (TPSA) is 57.5 Å². The van der Waals surface area contributed by atoms with E-state index in [2.05, 4.69) is 0 Å². The second-order valence-corrected chi connectivity index (χ2v) is 3.02. The molecule has 4 heteroatoms. The minimum atomic E-state index is -0.963. The van der Waals surface area contributed by atoms with Gasteiger partial charge in [0.2, 0.25) is 0 Å². The largest absolute Gasteiger partial charge is 0.507 e. The number of hydrogen-bond donors (Lipinski definition) is 2. The number of halogens is 1. The van der Waals surface area contributed by atoms with Crippen LogP contribution in [0.25, 0.3) is 10.8 Å². The molecule has 0 aliphatic rings. The van der Waals surface area contributed by atoms with E-state index in [1.165, 1.54) is 12.1 Å². The molecule has 15 heavy (non-hydrogen) atoms. The molecule has 0 saturated carbocycles. The maximum Gasteiger partial charge on any atom is 0.335 e. The van der Waals surface area contributed by atoms with Crippen LogP contribution in [-0.4, -0.2) is 16.2 Å². The lowest BCUT2D eigenvalue weighted by Crippen LogP contribution is -1.94. The lowest BCUT2D eigenvalue weighted by molar-refractivity contribution is 0.0697. The highest BCUT2D eigenvalue weighted by molar-refractivity contribution is 5.96. The maximum absolute atomic E-state index is 10.7. The fourth-order valence-electron chi connectivity index (χ4n) is 1.40. The molecule has 0 fully saturated rings. The minimum Gasteiger partial charge on any atom is -0.507 e. The predicted molar refractivity (Wildman–Crippen MR) is 59.8 cm³/mol. The van der Waals surface area contributed by atoms with Crippen molar-refractivity contribution in [1.82, 2.24) is 0 Å². The second-order valence-electron chi connectivity index (χ2n) is 3.02. The van der Waals surface area contributed by atoms with Gasteiger partial charge in [-0.05, 0) is 29.7 Å². The summed E-state index contributed by atoms with van der Waals surface area (Å²) in [6, 6.07) is 9.64. The molecule has 0 unspecified atom stereocenters. The van der Waals surface area contributed by atoms with Crippen molar-refractivity contribution in [2.45, 2.75) is 0 Å². The number of aromatic carboxylic acids is 1. The van der Waals surface area contributed by atoms with Gasteiger partial charge in [0.15, 0.2) is 0 Å². The van der Waals surface area contributed by atoms with Crippen molar-refractivity contribution >= 4 is 29.1 Å². The first-order chi connectivity index (χ1) is 6.68. The van der Waals surface area contributed by atoms with Crippen LogP contribution in [0.2, 0.25) is 0 Å². The number of benzene rings is 2. The smallest absolute Gasteiger partial charge is 0.335 e. The number of carbonyl (C=O) groups is 1. The first-order valence-electron chi connectivity index (χ1n) is 4.13. The van der Waals surface area contributed by atoms with Gasteiger partial charge in [-0.1, -0.05) is 12.1 Å². The van der Waals surface area contributed by atoms with Crippen LogP contribution in [0, 0.1) is 0 Å². The molecule has 0 atom stereocenters. The van der Waals surface area contributed by atoms with E-state index in [0.717, 1.165) is 5.39 Å². The van der Waals surface area contributed by atoms with Crippen molar-refractivity contribution in [3.8, 4) is 5.75 Å². The van der Waals surface area contributed by atoms with Gasteiger partial charge in [-0.3, -0.25) is 0 Å². The number of rotatable bonds is 1. The van der Waals surface area contributed by atoms with Crippen molar-refractivity contribution < 1.29 is 15.0 Å². The SMILES string of the molecule is Cl.O=C(O)c1ccc2c(O)cccc2c1. The Bertz CT molecular complexity index is 508. The van der Waals surface area contributed by atoms with Crippen LogP contribution < -0.4 is 0 Å². The van der Waals surface area contributed by atoms with Crippen molar-refractivity contribution in [1.29, 1.82) is 0 Å². The summed E-state index contributed by atoms with van der Waals surface area (Å²) in [6.07, 6.45) is 0. The number of hydrogen-bond acceptors (Lipinski definition) is 2. The van der Waals surface area contributed by atoms with E-state index < -0.39 is 5.97 Å². The summed E-state index contributed by atoms with van der Waals surface area (Å²) >= 11 is 0. The Kier molecular flexibility index (Phi) is 3.17. The van der Waals surface area contributed by atoms with Crippen LogP contribution in [0.15, 0.2) is 36.4 Å². The zero-order chi connectivity index (χ0) is 10.1. The first kappa shape index (κ1) is 11.3. The van der Waals surface area contributed by atoms with E-state index in [9.17, 15) is 9.90 Å². The van der Waals surface area contributed by atoms with Gasteiger partial charge in [-0.2, -0.15) is 0 Å². The summed E-state index contributed by atoms with van der Waals surface area (Å²) in [5.41, 5.74) is 0.225. The summed E-state index contributed by atoms with van der Waals surface area (Å²) in [6.45, 7) is 0. The standard InChI is InChI=1S/C11H8O3.ClH/c12-10-3-1-2-7-6-8(11(13)14)4-5-9(7)10;/h1-6,12H,(H,13,14);1H. The molecule has 0 aromatic heterocycles. The van der Waals surface area contributed by atoms with Crippen LogP contribution in [0.1, 0.15) is 10.4 Å². The number of fused-ring (bicyclic) bond motifs is 1. The zero-order valence-corrected chi connectivity index (χ0v) is 8.49. The summed E-state index contributed by atoms with van der Waals surface area (Å²) in [7, 11) is 0. The Morgan fingerprint density at radius 3 is 2.53 bits per heavy atom. The van der Waals surface area contributed by atoms with E-state index in [0.29, 0.717) is 5.39 Å². The summed E-state index contributed by atoms with van der Waals surface area (Å²) < 4.78 is 0. The molecular weight excluding hydrogens is 216 g/mol. The molecule has 0 heterocycles. The van der Waals surface area contributed by atoms with Gasteiger partial charge in [-0.15, -0.1) is 12.4 Å². The predicted octanol–water partition coefficient (Wildman–Crippen LogP) is 2.67. The third kappa shape index (κ3) is 2.02. The fraction of sp³-hybridized carbons (Fsp3) is 0. The average molecular weight is 225 g/mol. The molecule has 0 aliphatic heterocycles. The van der Waals surface area contributed by atoms with Crippen LogP contribution in [0.4, 0.5) is 0 Å². The molecule has 0 spiro atoms. The van der Waals surface area contributed by atoms with Crippen LogP contribution in [-0.2, 0) is 0 Å². The van der Waals surface area contributed by atoms with Gasteiger partial charge in [0.25, 0.3) is 0 Å². The summed E-state index contributed by atoms with van der Waals surface area (Å²) in [5.74, 6) is -0.797. The molecule has 0 amide bonds. The molecule has 2 rings (SSSR count). The Balaban J connectivity index is 0.00000112. The van der Waals surface area contributed by atoms with Gasteiger partial charge < -0.3 is 10.2 Å². The molecule has 2 aromatic rings. The summed E-state index contributed by atoms with van der Waals surface area (Å²) in [5, 5.41) is 19.6. The first-order valence-corrected chi connectivity index (χ1v) is 4.13. The molecule has 0 aliphatic carbocycles. The van der Waals surface area contributed by atoms with Crippen molar-refractivity contribution in [3.05, 3.63) is 42.0 Å². The average Bonchev–Trinajstić information content (AvgIpc) is 2.17. The lowest BCUT2D eigenvalue weighted by atomic mass is 10.1. The van der Waals surface area contributed by atoms with Gasteiger partial charge in [0.05, 0.1) is 5.56 Å². The van der Waals surface area contributed by atoms with Crippen molar-refractivity contribution in [2.24, 2.45) is 0 Å². The van der Waals surface area contributed by atoms with E-state index in [1.54, 1.807) is 24.3 Å². The number of phenols is 1. The van der Waals surface area contributed by atoms with Crippen LogP contribution in [0.5, 0.6) is 5.75 Å². The van der Waals surface area contributed by atoms with E-state index >= 15 is 0 Å². The zero-order valence-electron chi connectivity index (χ0n) is 7.68. The molecule has 0 saturated heterocycles. The molecule has 3 nitrogen and oxygen atoms in total. The molecule has 0 bridgehead atoms. The number of carboxylic acids is 1. The van der Waals surface area contributed by atoms with Gasteiger partial charge in [-0.25, -0.2) is 4.79 Å².